The molecule has 1 aromatic heterocycles. The molecule has 0 aliphatic heterocycles. The maximum absolute atomic E-state index is 3.73. The van der Waals surface area contributed by atoms with E-state index < -0.39 is 0 Å². The molecule has 9 heavy (non-hydrogen) atoms. The van der Waals surface area contributed by atoms with E-state index in [2.05, 4.69) is 23.8 Å². The van der Waals surface area contributed by atoms with E-state index in [9.17, 15) is 0 Å². The molecule has 0 atom stereocenters. The average molecular weight is 215 g/mol. The van der Waals surface area contributed by atoms with Crippen molar-refractivity contribution in [3.05, 3.63) is 29.3 Å². The van der Waals surface area contributed by atoms with Gasteiger partial charge >= 0.3 is 23.1 Å². The summed E-state index contributed by atoms with van der Waals surface area (Å²) in [7, 11) is 0. The van der Waals surface area contributed by atoms with Crippen LogP contribution >= 0.6 is 11.3 Å². The fraction of sp³-hybridized carbons (Fsp3) is 0.167. The minimum absolute atomic E-state index is 0. The van der Waals surface area contributed by atoms with Crippen LogP contribution in [0.4, 0.5) is 0 Å². The summed E-state index contributed by atoms with van der Waals surface area (Å²) in [6.45, 7) is 3.73. The van der Waals surface area contributed by atoms with E-state index in [4.69, 9.17) is 0 Å². The molecule has 1 aromatic rings. The molecule has 0 unspecified atom stereocenters. The van der Waals surface area contributed by atoms with Gasteiger partial charge in [0.25, 0.3) is 0 Å². The van der Waals surface area contributed by atoms with Crippen molar-refractivity contribution in [3.63, 3.8) is 0 Å². The first-order valence-electron chi connectivity index (χ1n) is 2.24. The van der Waals surface area contributed by atoms with Gasteiger partial charge in [-0.25, -0.2) is 0 Å². The first-order valence-corrected chi connectivity index (χ1v) is 3.18. The Balaban J connectivity index is 0. The van der Waals surface area contributed by atoms with E-state index in [-0.39, 0.29) is 40.0 Å². The summed E-state index contributed by atoms with van der Waals surface area (Å²) in [4.78, 5) is 0. The van der Waals surface area contributed by atoms with E-state index in [1.165, 1.54) is 5.56 Å². The van der Waals surface area contributed by atoms with Crippen molar-refractivity contribution < 1.29 is 17.0 Å². The van der Waals surface area contributed by atoms with Gasteiger partial charge in [-0.2, -0.15) is 17.8 Å². The van der Waals surface area contributed by atoms with Crippen LogP contribution in [0.3, 0.4) is 0 Å². The van der Waals surface area contributed by atoms with Crippen molar-refractivity contribution in [1.82, 2.24) is 0 Å². The average Bonchev–Trinajstić information content (AvgIpc) is 2.14. The molecule has 0 aliphatic carbocycles. The van der Waals surface area contributed by atoms with Gasteiger partial charge in [-0.3, -0.25) is 0 Å². The molecule has 1 rings (SSSR count). The fourth-order valence-electron chi connectivity index (χ4n) is 0.435. The van der Waals surface area contributed by atoms with E-state index >= 15 is 0 Å². The zero-order chi connectivity index (χ0) is 5.11. The van der Waals surface area contributed by atoms with Crippen molar-refractivity contribution >= 4 is 34.4 Å². The Morgan fingerprint density at radius 1 is 1.56 bits per heavy atom. The molecule has 0 aliphatic rings. The Morgan fingerprint density at radius 2 is 2.22 bits per heavy atom. The van der Waals surface area contributed by atoms with Crippen molar-refractivity contribution in [2.45, 2.75) is 6.42 Å². The molecule has 0 spiro atoms. The van der Waals surface area contributed by atoms with Gasteiger partial charge < -0.3 is 23.9 Å². The van der Waals surface area contributed by atoms with Gasteiger partial charge in [0.1, 0.15) is 0 Å². The fourth-order valence-corrected chi connectivity index (χ4v) is 1.14. The molecule has 0 saturated heterocycles. The molecule has 0 saturated carbocycles. The van der Waals surface area contributed by atoms with Gasteiger partial charge in [0, 0.05) is 0 Å². The van der Waals surface area contributed by atoms with Crippen LogP contribution in [0.1, 0.15) is 5.56 Å². The molecule has 0 bridgehead atoms. The minimum atomic E-state index is 0. The number of hydrogen-bond donors (Lipinski definition) is 0. The minimum Gasteiger partial charge on any atom is -1.00 e. The molecule has 1 heterocycles. The van der Waals surface area contributed by atoms with Gasteiger partial charge in [-0.05, 0) is 10.8 Å². The van der Waals surface area contributed by atoms with E-state index in [0.717, 1.165) is 6.42 Å². The van der Waals surface area contributed by atoms with Gasteiger partial charge in [0.05, 0.1) is 0 Å². The Morgan fingerprint density at radius 3 is 2.44 bits per heavy atom. The summed E-state index contributed by atoms with van der Waals surface area (Å²) in [6, 6.07) is 2.09. The number of thiophene rings is 1. The Kier molecular flexibility index (Phi) is 9.89. The van der Waals surface area contributed by atoms with Crippen LogP contribution in [-0.2, 0) is 6.42 Å². The maximum Gasteiger partial charge on any atom is 2.00 e. The molecule has 3 heteroatoms. The van der Waals surface area contributed by atoms with Gasteiger partial charge in [0.15, 0.2) is 0 Å². The van der Waals surface area contributed by atoms with Gasteiger partial charge in [-0.1, -0.05) is 11.6 Å². The largest absolute Gasteiger partial charge is 2.00 e. The first kappa shape index (κ1) is 12.6. The molecule has 0 N–H and O–H groups in total. The zero-order valence-corrected chi connectivity index (χ0v) is 8.96. The molecule has 0 aromatic carbocycles. The number of hydrogen-bond acceptors (Lipinski definition) is 1. The Labute approximate surface area is 86.6 Å². The predicted molar refractivity (Wildman–Crippen MR) is 39.1 cm³/mol. The van der Waals surface area contributed by atoms with Crippen molar-refractivity contribution in [2.24, 2.45) is 0 Å². The summed E-state index contributed by atoms with van der Waals surface area (Å²) in [5.41, 5.74) is 1.34. The number of halogens is 1. The second-order valence-electron chi connectivity index (χ2n) is 1.38. The third-order valence-corrected chi connectivity index (χ3v) is 1.60. The Bertz CT molecular complexity index is 128. The second kappa shape index (κ2) is 7.06. The zero-order valence-electron chi connectivity index (χ0n) is 5.14. The van der Waals surface area contributed by atoms with Crippen LogP contribution in [0.15, 0.2) is 16.8 Å². The van der Waals surface area contributed by atoms with Crippen LogP contribution in [0, 0.1) is 6.92 Å². The summed E-state index contributed by atoms with van der Waals surface area (Å²) < 4.78 is 0. The topological polar surface area (TPSA) is 0 Å². The summed E-state index contributed by atoms with van der Waals surface area (Å²) in [6.07, 6.45) is 0.920. The van der Waals surface area contributed by atoms with E-state index in [1.807, 2.05) is 0 Å². The molecular weight excluding hydrogens is 208 g/mol. The van der Waals surface area contributed by atoms with Crippen LogP contribution in [0.2, 0.25) is 0 Å². The van der Waals surface area contributed by atoms with Crippen molar-refractivity contribution in [3.8, 4) is 0 Å². The van der Waals surface area contributed by atoms with E-state index in [1.54, 1.807) is 11.3 Å². The monoisotopic (exact) mass is 214 g/mol. The third kappa shape index (κ3) is 4.36. The molecular formula is C6H7BrMgS. The molecule has 0 fully saturated rings. The van der Waals surface area contributed by atoms with Gasteiger partial charge in [0.2, 0.25) is 0 Å². The predicted octanol–water partition coefficient (Wildman–Crippen LogP) is -1.25. The Hall–Kier alpha value is 0.946. The summed E-state index contributed by atoms with van der Waals surface area (Å²) in [5.74, 6) is 0. The summed E-state index contributed by atoms with van der Waals surface area (Å²) in [5, 5.41) is 4.19. The molecule has 46 valence electrons. The molecule has 0 radical (unpaired) electrons. The maximum atomic E-state index is 3.73. The first-order chi connectivity index (χ1) is 3.43. The molecule has 0 amide bonds. The smallest absolute Gasteiger partial charge is 1.00 e. The van der Waals surface area contributed by atoms with Crippen LogP contribution in [-0.4, -0.2) is 23.1 Å². The van der Waals surface area contributed by atoms with Crippen LogP contribution in [0.25, 0.3) is 0 Å². The van der Waals surface area contributed by atoms with E-state index in [0.29, 0.717) is 0 Å². The normalized spacial score (nSPS) is 7.22. The SMILES string of the molecule is [Br-].[CH2-]Cc1ccsc1.[Mg+2]. The van der Waals surface area contributed by atoms with Gasteiger partial charge in [-0.15, -0.1) is 0 Å². The number of rotatable bonds is 1. The van der Waals surface area contributed by atoms with Crippen LogP contribution < -0.4 is 17.0 Å². The summed E-state index contributed by atoms with van der Waals surface area (Å²) >= 11 is 1.72. The van der Waals surface area contributed by atoms with Crippen molar-refractivity contribution in [2.75, 3.05) is 0 Å². The van der Waals surface area contributed by atoms with Crippen LogP contribution in [0.5, 0.6) is 0 Å². The molecule has 0 nitrogen and oxygen atoms in total. The second-order valence-corrected chi connectivity index (χ2v) is 2.16. The van der Waals surface area contributed by atoms with Crippen molar-refractivity contribution in [1.29, 1.82) is 0 Å². The standard InChI is InChI=1S/C6H7S.BrH.Mg/c1-2-6-3-4-7-5-6;;/h3-5H,1-2H2;1H;/q-1;;+2/p-1. The third-order valence-electron chi connectivity index (χ3n) is 0.869. The quantitative estimate of drug-likeness (QED) is 0.406.